The van der Waals surface area contributed by atoms with Crippen LogP contribution in [0.5, 0.6) is 5.75 Å². The number of aryl methyl sites for hydroxylation is 3. The highest BCUT2D eigenvalue weighted by Crippen LogP contribution is 2.29. The number of benzene rings is 4. The second kappa shape index (κ2) is 9.74. The van der Waals surface area contributed by atoms with Crippen LogP contribution in [-0.2, 0) is 16.2 Å². The molecule has 1 aliphatic rings. The van der Waals surface area contributed by atoms with E-state index in [1.165, 1.54) is 6.08 Å². The van der Waals surface area contributed by atoms with Gasteiger partial charge in [-0.1, -0.05) is 60.7 Å². The average molecular weight is 491 g/mol. The van der Waals surface area contributed by atoms with Gasteiger partial charge in [-0.05, 0) is 72.5 Å². The van der Waals surface area contributed by atoms with Crippen LogP contribution in [0, 0.1) is 20.8 Å². The number of para-hydroxylation sites is 1. The second-order valence-electron chi connectivity index (χ2n) is 9.14. The first-order valence-corrected chi connectivity index (χ1v) is 12.0. The Morgan fingerprint density at radius 1 is 0.811 bits per heavy atom. The van der Waals surface area contributed by atoms with E-state index in [2.05, 4.69) is 29.6 Å². The van der Waals surface area contributed by atoms with E-state index < -0.39 is 17.8 Å². The Hall–Kier alpha value is -4.71. The molecular formula is C31H26N2O4. The van der Waals surface area contributed by atoms with Gasteiger partial charge in [-0.2, -0.15) is 0 Å². The van der Waals surface area contributed by atoms with Crippen LogP contribution in [0.15, 0.2) is 84.4 Å². The molecule has 4 amide bonds. The number of carbonyl (C=O) groups is 3. The van der Waals surface area contributed by atoms with Crippen molar-refractivity contribution < 1.29 is 19.1 Å². The first-order valence-electron chi connectivity index (χ1n) is 12.0. The summed E-state index contributed by atoms with van der Waals surface area (Å²) in [5.41, 5.74) is 4.97. The lowest BCUT2D eigenvalue weighted by molar-refractivity contribution is -0.122. The Morgan fingerprint density at radius 3 is 2.35 bits per heavy atom. The van der Waals surface area contributed by atoms with Gasteiger partial charge >= 0.3 is 6.03 Å². The normalized spacial score (nSPS) is 14.8. The summed E-state index contributed by atoms with van der Waals surface area (Å²) in [6.45, 7) is 6.21. The molecule has 1 saturated heterocycles. The molecule has 4 aromatic carbocycles. The number of ether oxygens (including phenoxy) is 1. The Bertz CT molecular complexity index is 1600. The van der Waals surface area contributed by atoms with Crippen LogP contribution < -0.4 is 15.0 Å². The number of hydrogen-bond donors (Lipinski definition) is 1. The Balaban J connectivity index is 1.47. The molecule has 37 heavy (non-hydrogen) atoms. The number of nitrogens with one attached hydrogen (secondary N) is 1. The van der Waals surface area contributed by atoms with Gasteiger partial charge < -0.3 is 4.74 Å². The largest absolute Gasteiger partial charge is 0.488 e. The summed E-state index contributed by atoms with van der Waals surface area (Å²) in [4.78, 5) is 39.7. The standard InChI is InChI=1S/C31H26N2O4/c1-19-13-15-24(16-21(19)3)33-30(35)26(29(34)32-31(33)36)17-23-9-5-7-11-28(23)37-18-27-20(2)12-14-22-8-4-6-10-25(22)27/h4-17H,18H2,1-3H3,(H,32,34,36)/b26-17+. The van der Waals surface area contributed by atoms with Crippen molar-refractivity contribution in [3.05, 3.63) is 112 Å². The summed E-state index contributed by atoms with van der Waals surface area (Å²) in [6.07, 6.45) is 1.48. The predicted molar refractivity (Wildman–Crippen MR) is 144 cm³/mol. The SMILES string of the molecule is Cc1ccc(N2C(=O)NC(=O)/C(=C\c3ccccc3OCc3c(C)ccc4ccccc34)C2=O)cc1C. The minimum Gasteiger partial charge on any atom is -0.488 e. The van der Waals surface area contributed by atoms with Crippen molar-refractivity contribution in [1.29, 1.82) is 0 Å². The fourth-order valence-electron chi connectivity index (χ4n) is 4.43. The zero-order chi connectivity index (χ0) is 26.1. The molecule has 0 saturated carbocycles. The molecule has 4 aromatic rings. The van der Waals surface area contributed by atoms with Gasteiger partial charge in [-0.15, -0.1) is 0 Å². The van der Waals surface area contributed by atoms with E-state index in [1.807, 2.05) is 45.0 Å². The summed E-state index contributed by atoms with van der Waals surface area (Å²) in [5.74, 6) is -0.899. The summed E-state index contributed by atoms with van der Waals surface area (Å²) >= 11 is 0. The lowest BCUT2D eigenvalue weighted by Gasteiger charge is -2.27. The van der Waals surface area contributed by atoms with E-state index in [0.29, 0.717) is 23.6 Å². The van der Waals surface area contributed by atoms with Crippen LogP contribution in [0.1, 0.15) is 27.8 Å². The minimum absolute atomic E-state index is 0.143. The Kier molecular flexibility index (Phi) is 6.32. The monoisotopic (exact) mass is 490 g/mol. The second-order valence-corrected chi connectivity index (χ2v) is 9.14. The number of anilines is 1. The molecule has 5 rings (SSSR count). The van der Waals surface area contributed by atoms with Gasteiger partial charge in [0.2, 0.25) is 0 Å². The van der Waals surface area contributed by atoms with Crippen LogP contribution >= 0.6 is 0 Å². The molecule has 0 aromatic heterocycles. The molecule has 6 nitrogen and oxygen atoms in total. The number of urea groups is 1. The maximum absolute atomic E-state index is 13.4. The molecule has 1 aliphatic heterocycles. The molecule has 1 heterocycles. The fourth-order valence-corrected chi connectivity index (χ4v) is 4.43. The first-order chi connectivity index (χ1) is 17.8. The zero-order valence-electron chi connectivity index (χ0n) is 20.9. The van der Waals surface area contributed by atoms with Crippen molar-refractivity contribution in [3.63, 3.8) is 0 Å². The van der Waals surface area contributed by atoms with E-state index in [4.69, 9.17) is 4.74 Å². The average Bonchev–Trinajstić information content (AvgIpc) is 2.88. The van der Waals surface area contributed by atoms with Crippen LogP contribution in [-0.4, -0.2) is 17.8 Å². The number of nitrogens with zero attached hydrogens (tertiary/aromatic N) is 1. The van der Waals surface area contributed by atoms with Gasteiger partial charge in [-0.25, -0.2) is 9.69 Å². The smallest absolute Gasteiger partial charge is 0.335 e. The highest BCUT2D eigenvalue weighted by atomic mass is 16.5. The zero-order valence-corrected chi connectivity index (χ0v) is 20.9. The quantitative estimate of drug-likeness (QED) is 0.275. The van der Waals surface area contributed by atoms with Crippen molar-refractivity contribution >= 4 is 40.4 Å². The molecule has 1 N–H and O–H groups in total. The third-order valence-electron chi connectivity index (χ3n) is 6.72. The molecule has 6 heteroatoms. The molecule has 1 fully saturated rings. The molecule has 0 atom stereocenters. The maximum atomic E-state index is 13.4. The number of hydrogen-bond acceptors (Lipinski definition) is 4. The van der Waals surface area contributed by atoms with E-state index >= 15 is 0 Å². The predicted octanol–water partition coefficient (Wildman–Crippen LogP) is 6.01. The van der Waals surface area contributed by atoms with Crippen LogP contribution in [0.4, 0.5) is 10.5 Å². The van der Waals surface area contributed by atoms with E-state index in [9.17, 15) is 14.4 Å². The topological polar surface area (TPSA) is 75.7 Å². The summed E-state index contributed by atoms with van der Waals surface area (Å²) in [7, 11) is 0. The van der Waals surface area contributed by atoms with Gasteiger partial charge in [-0.3, -0.25) is 14.9 Å². The maximum Gasteiger partial charge on any atom is 0.335 e. The number of imide groups is 2. The number of barbiturate groups is 1. The van der Waals surface area contributed by atoms with Gasteiger partial charge in [0.1, 0.15) is 17.9 Å². The fraction of sp³-hybridized carbons (Fsp3) is 0.129. The van der Waals surface area contributed by atoms with E-state index in [0.717, 1.165) is 37.9 Å². The molecule has 0 spiro atoms. The highest BCUT2D eigenvalue weighted by Gasteiger charge is 2.37. The van der Waals surface area contributed by atoms with Gasteiger partial charge in [0.25, 0.3) is 11.8 Å². The number of rotatable bonds is 5. The van der Waals surface area contributed by atoms with Gasteiger partial charge in [0, 0.05) is 11.1 Å². The number of carbonyl (C=O) groups excluding carboxylic acids is 3. The molecule has 0 aliphatic carbocycles. The number of fused-ring (bicyclic) bond motifs is 1. The van der Waals surface area contributed by atoms with Gasteiger partial charge in [0.15, 0.2) is 0 Å². The van der Waals surface area contributed by atoms with Crippen molar-refractivity contribution in [3.8, 4) is 5.75 Å². The summed E-state index contributed by atoms with van der Waals surface area (Å²) in [5, 5.41) is 4.53. The van der Waals surface area contributed by atoms with Crippen molar-refractivity contribution in [1.82, 2.24) is 5.32 Å². The van der Waals surface area contributed by atoms with Crippen molar-refractivity contribution in [2.75, 3.05) is 4.90 Å². The lowest BCUT2D eigenvalue weighted by atomic mass is 10.0. The summed E-state index contributed by atoms with van der Waals surface area (Å²) < 4.78 is 6.22. The van der Waals surface area contributed by atoms with Crippen molar-refractivity contribution in [2.24, 2.45) is 0 Å². The lowest BCUT2D eigenvalue weighted by Crippen LogP contribution is -2.54. The van der Waals surface area contributed by atoms with E-state index in [1.54, 1.807) is 30.3 Å². The minimum atomic E-state index is -0.772. The third kappa shape index (κ3) is 4.61. The molecule has 0 bridgehead atoms. The Morgan fingerprint density at radius 2 is 1.54 bits per heavy atom. The highest BCUT2D eigenvalue weighted by molar-refractivity contribution is 6.39. The molecule has 0 radical (unpaired) electrons. The van der Waals surface area contributed by atoms with Crippen LogP contribution in [0.25, 0.3) is 16.8 Å². The van der Waals surface area contributed by atoms with Gasteiger partial charge in [0.05, 0.1) is 5.69 Å². The van der Waals surface area contributed by atoms with E-state index in [-0.39, 0.29) is 5.57 Å². The molecule has 184 valence electrons. The molecular weight excluding hydrogens is 464 g/mol. The van der Waals surface area contributed by atoms with Crippen molar-refractivity contribution in [2.45, 2.75) is 27.4 Å². The van der Waals surface area contributed by atoms with Crippen LogP contribution in [0.2, 0.25) is 0 Å². The number of amides is 4. The Labute approximate surface area is 215 Å². The third-order valence-corrected chi connectivity index (χ3v) is 6.72. The summed E-state index contributed by atoms with van der Waals surface area (Å²) in [6, 6.07) is 24.0. The van der Waals surface area contributed by atoms with Crippen LogP contribution in [0.3, 0.4) is 0 Å². The molecule has 0 unspecified atom stereocenters. The first kappa shape index (κ1) is 24.0.